The number of allylic oxidation sites excluding steroid dienone is 3. The summed E-state index contributed by atoms with van der Waals surface area (Å²) in [7, 11) is 0. The summed E-state index contributed by atoms with van der Waals surface area (Å²) in [6.45, 7) is 8.03. The predicted molar refractivity (Wildman–Crippen MR) is 149 cm³/mol. The van der Waals surface area contributed by atoms with Gasteiger partial charge in [-0.05, 0) is 67.9 Å². The van der Waals surface area contributed by atoms with E-state index in [1.807, 2.05) is 49.5 Å². The first-order chi connectivity index (χ1) is 18.6. The van der Waals surface area contributed by atoms with Crippen LogP contribution in [0.2, 0.25) is 0 Å². The van der Waals surface area contributed by atoms with Crippen LogP contribution in [-0.2, 0) is 20.7 Å². The number of ether oxygens (including phenoxy) is 1. The normalized spacial score (nSPS) is 44.9. The number of carbonyl (C=O) groups is 2. The maximum atomic E-state index is 14.3. The van der Waals surface area contributed by atoms with E-state index in [0.717, 1.165) is 16.5 Å². The van der Waals surface area contributed by atoms with Crippen molar-refractivity contribution in [3.8, 4) is 0 Å². The van der Waals surface area contributed by atoms with Gasteiger partial charge >= 0.3 is 0 Å². The van der Waals surface area contributed by atoms with Crippen LogP contribution in [0, 0.1) is 29.1 Å². The standard InChI is InChI=1S/C32H38N2O5/c1-17-8-7-10-22-29-31(4,39-29)19(3)27-24(15-20-16-33-23-11-6-5-9-21(20)23)34-30(38)32(22,27)26(36)13-12-25(35)28(37)18(2)14-17/h5-7,9-14,16-17,19,22,24-25,27-29,33,35,37H,8,15H2,1-4H3,(H,34,38)/b10-7+,13-12+,18-14+/t17-,19-,22-,24-,25-,27-,28+,29-,31+,32+/m0/s1. The van der Waals surface area contributed by atoms with Crippen LogP contribution in [0.4, 0.5) is 0 Å². The number of hydrogen-bond acceptors (Lipinski definition) is 5. The number of rotatable bonds is 2. The third-order valence-electron chi connectivity index (χ3n) is 9.99. The Morgan fingerprint density at radius 3 is 2.69 bits per heavy atom. The number of aromatic nitrogens is 1. The van der Waals surface area contributed by atoms with Gasteiger partial charge in [0.05, 0.1) is 11.7 Å². The Kier molecular flexibility index (Phi) is 6.25. The minimum atomic E-state index is -1.37. The highest BCUT2D eigenvalue weighted by atomic mass is 16.6. The van der Waals surface area contributed by atoms with E-state index in [1.54, 1.807) is 6.92 Å². The summed E-state index contributed by atoms with van der Waals surface area (Å²) in [5.74, 6) is -1.33. The molecule has 3 heterocycles. The number of para-hydroxylation sites is 1. The van der Waals surface area contributed by atoms with Crippen molar-refractivity contribution in [2.24, 2.45) is 29.1 Å². The largest absolute Gasteiger partial charge is 0.386 e. The summed E-state index contributed by atoms with van der Waals surface area (Å²) in [5, 5.41) is 25.7. The molecule has 0 unspecified atom stereocenters. The highest BCUT2D eigenvalue weighted by Crippen LogP contribution is 2.66. The summed E-state index contributed by atoms with van der Waals surface area (Å²) in [6.07, 6.45) is 9.31. The number of hydrogen-bond donors (Lipinski definition) is 4. The molecule has 39 heavy (non-hydrogen) atoms. The molecule has 2 aliphatic carbocycles. The molecule has 6 rings (SSSR count). The summed E-state index contributed by atoms with van der Waals surface area (Å²) < 4.78 is 6.34. The van der Waals surface area contributed by atoms with E-state index in [-0.39, 0.29) is 41.6 Å². The number of H-pyrrole nitrogens is 1. The molecule has 1 aromatic carbocycles. The van der Waals surface area contributed by atoms with Crippen LogP contribution in [0.15, 0.2) is 66.4 Å². The molecule has 7 heteroatoms. The zero-order valence-corrected chi connectivity index (χ0v) is 22.9. The smallest absolute Gasteiger partial charge is 0.235 e. The summed E-state index contributed by atoms with van der Waals surface area (Å²) in [4.78, 5) is 31.8. The maximum Gasteiger partial charge on any atom is 0.235 e. The second kappa shape index (κ2) is 9.29. The zero-order valence-electron chi connectivity index (χ0n) is 22.9. The molecule has 7 nitrogen and oxygen atoms in total. The highest BCUT2D eigenvalue weighted by Gasteiger charge is 2.78. The Hall–Kier alpha value is -3.00. The molecule has 3 fully saturated rings. The SMILES string of the molecule is C/C1=C\[C@@H](C)C/C=C/[C@H]2[C@@H]3O[C@]3(C)[C@@H](C)[C@H]3[C@H](Cc4c[nH]c5ccccc45)NC(=O)[C@]32C(=O)/C=C/[C@H](O)[C@@H]1O. The van der Waals surface area contributed by atoms with Gasteiger partial charge in [0.25, 0.3) is 0 Å². The van der Waals surface area contributed by atoms with E-state index >= 15 is 0 Å². The maximum absolute atomic E-state index is 14.3. The molecule has 2 saturated heterocycles. The molecule has 1 aromatic heterocycles. The fourth-order valence-electron chi connectivity index (χ4n) is 7.76. The van der Waals surface area contributed by atoms with Crippen LogP contribution in [0.5, 0.6) is 0 Å². The Bertz CT molecular complexity index is 1410. The van der Waals surface area contributed by atoms with Crippen molar-refractivity contribution in [2.75, 3.05) is 0 Å². The topological polar surface area (TPSA) is 115 Å². The Morgan fingerprint density at radius 2 is 1.90 bits per heavy atom. The number of aliphatic hydroxyl groups excluding tert-OH is 2. The number of fused-ring (bicyclic) bond motifs is 3. The Balaban J connectivity index is 1.46. The molecule has 2 aromatic rings. The Labute approximate surface area is 229 Å². The van der Waals surface area contributed by atoms with Crippen molar-refractivity contribution >= 4 is 22.6 Å². The summed E-state index contributed by atoms with van der Waals surface area (Å²) in [6, 6.07) is 7.82. The number of ketones is 1. The van der Waals surface area contributed by atoms with E-state index in [9.17, 15) is 19.8 Å². The van der Waals surface area contributed by atoms with E-state index in [0.29, 0.717) is 18.4 Å². The molecule has 4 N–H and O–H groups in total. The minimum Gasteiger partial charge on any atom is -0.386 e. The molecule has 1 spiro atoms. The van der Waals surface area contributed by atoms with Crippen molar-refractivity contribution in [1.82, 2.24) is 10.3 Å². The molecular formula is C32H38N2O5. The quantitative estimate of drug-likeness (QED) is 0.269. The number of aliphatic hydroxyl groups is 2. The molecule has 10 atom stereocenters. The average molecular weight is 531 g/mol. The molecule has 4 aliphatic rings. The van der Waals surface area contributed by atoms with Gasteiger partial charge in [0.15, 0.2) is 5.78 Å². The number of aromatic amines is 1. The van der Waals surface area contributed by atoms with Crippen molar-refractivity contribution < 1.29 is 24.5 Å². The number of epoxide rings is 1. The van der Waals surface area contributed by atoms with Crippen LogP contribution in [-0.4, -0.2) is 56.8 Å². The van der Waals surface area contributed by atoms with Gasteiger partial charge in [-0.15, -0.1) is 0 Å². The number of carbonyl (C=O) groups excluding carboxylic acids is 2. The van der Waals surface area contributed by atoms with Gasteiger partial charge in [-0.3, -0.25) is 9.59 Å². The fourth-order valence-corrected chi connectivity index (χ4v) is 7.76. The minimum absolute atomic E-state index is 0.0623. The van der Waals surface area contributed by atoms with Crippen LogP contribution in [0.1, 0.15) is 39.7 Å². The van der Waals surface area contributed by atoms with Gasteiger partial charge in [-0.25, -0.2) is 0 Å². The third-order valence-corrected chi connectivity index (χ3v) is 9.99. The first-order valence-corrected chi connectivity index (χ1v) is 14.1. The lowest BCUT2D eigenvalue weighted by atomic mass is 9.51. The monoisotopic (exact) mass is 530 g/mol. The van der Waals surface area contributed by atoms with Gasteiger partial charge in [-0.2, -0.15) is 0 Å². The third kappa shape index (κ3) is 3.89. The van der Waals surface area contributed by atoms with E-state index in [1.165, 1.54) is 12.2 Å². The molecule has 206 valence electrons. The van der Waals surface area contributed by atoms with Crippen LogP contribution < -0.4 is 5.32 Å². The molecule has 1 saturated carbocycles. The Morgan fingerprint density at radius 1 is 1.13 bits per heavy atom. The van der Waals surface area contributed by atoms with Gasteiger partial charge in [0.2, 0.25) is 5.91 Å². The van der Waals surface area contributed by atoms with E-state index in [4.69, 9.17) is 4.74 Å². The molecule has 2 aliphatic heterocycles. The number of amides is 1. The van der Waals surface area contributed by atoms with E-state index in [2.05, 4.69) is 30.2 Å². The lowest BCUT2D eigenvalue weighted by Crippen LogP contribution is -2.58. The fraction of sp³-hybridized carbons (Fsp3) is 0.500. The molecule has 1 amide bonds. The van der Waals surface area contributed by atoms with Crippen molar-refractivity contribution in [3.05, 3.63) is 72.0 Å². The second-order valence-electron chi connectivity index (χ2n) is 12.3. The summed E-state index contributed by atoms with van der Waals surface area (Å²) >= 11 is 0. The van der Waals surface area contributed by atoms with Crippen LogP contribution in [0.25, 0.3) is 10.9 Å². The van der Waals surface area contributed by atoms with Crippen LogP contribution >= 0.6 is 0 Å². The predicted octanol–water partition coefficient (Wildman–Crippen LogP) is 3.62. The first kappa shape index (κ1) is 26.2. The van der Waals surface area contributed by atoms with Crippen molar-refractivity contribution in [3.63, 3.8) is 0 Å². The molecule has 0 radical (unpaired) electrons. The average Bonchev–Trinajstić information content (AvgIpc) is 3.31. The zero-order chi connectivity index (χ0) is 27.7. The molecule has 0 bridgehead atoms. The second-order valence-corrected chi connectivity index (χ2v) is 12.3. The number of nitrogens with one attached hydrogen (secondary N) is 2. The van der Waals surface area contributed by atoms with E-state index < -0.39 is 29.1 Å². The van der Waals surface area contributed by atoms with Gasteiger partial charge in [0, 0.05) is 35.0 Å². The van der Waals surface area contributed by atoms with Gasteiger partial charge in [-0.1, -0.05) is 50.3 Å². The molecular weight excluding hydrogens is 492 g/mol. The van der Waals surface area contributed by atoms with Gasteiger partial charge in [0.1, 0.15) is 17.6 Å². The highest BCUT2D eigenvalue weighted by molar-refractivity contribution is 6.13. The first-order valence-electron chi connectivity index (χ1n) is 14.1. The summed E-state index contributed by atoms with van der Waals surface area (Å²) in [5.41, 5.74) is 0.987. The van der Waals surface area contributed by atoms with Crippen molar-refractivity contribution in [2.45, 2.75) is 70.5 Å². The lowest BCUT2D eigenvalue weighted by molar-refractivity contribution is -0.145. The van der Waals surface area contributed by atoms with Crippen LogP contribution in [0.3, 0.4) is 0 Å². The van der Waals surface area contributed by atoms with Gasteiger partial charge < -0.3 is 25.3 Å². The van der Waals surface area contributed by atoms with Crippen molar-refractivity contribution in [1.29, 1.82) is 0 Å². The number of benzene rings is 1. The lowest BCUT2D eigenvalue weighted by Gasteiger charge is -2.45.